The molecular formula is C38H53N5O7. The van der Waals surface area contributed by atoms with E-state index < -0.39 is 24.2 Å². The zero-order chi connectivity index (χ0) is 36.5. The number of aliphatic hydroxyl groups is 2. The number of hydroxylamine groups is 2. The molecule has 6 rings (SSSR count). The van der Waals surface area contributed by atoms with Gasteiger partial charge in [-0.05, 0) is 54.4 Å². The summed E-state index contributed by atoms with van der Waals surface area (Å²) in [4.78, 5) is 46.7. The van der Waals surface area contributed by atoms with Crippen molar-refractivity contribution in [3.63, 3.8) is 0 Å². The van der Waals surface area contributed by atoms with Crippen molar-refractivity contribution in [3.8, 4) is 16.9 Å². The van der Waals surface area contributed by atoms with E-state index in [0.29, 0.717) is 23.8 Å². The first kappa shape index (κ1) is 37.3. The Bertz CT molecular complexity index is 1620. The average molecular weight is 692 g/mol. The van der Waals surface area contributed by atoms with Gasteiger partial charge in [-0.25, -0.2) is 0 Å². The first-order chi connectivity index (χ1) is 23.7. The van der Waals surface area contributed by atoms with Gasteiger partial charge < -0.3 is 35.8 Å². The summed E-state index contributed by atoms with van der Waals surface area (Å²) in [5, 5.41) is 31.5. The molecule has 1 heterocycles. The van der Waals surface area contributed by atoms with Crippen LogP contribution in [0.3, 0.4) is 0 Å². The van der Waals surface area contributed by atoms with Crippen LogP contribution in [0.25, 0.3) is 11.1 Å². The number of hydrogen-bond acceptors (Lipinski definition) is 9. The van der Waals surface area contributed by atoms with E-state index in [1.165, 1.54) is 12.5 Å². The number of nitrogens with one attached hydrogen (secondary N) is 3. The topological polar surface area (TPSA) is 153 Å². The Labute approximate surface area is 295 Å². The average Bonchev–Trinajstić information content (AvgIpc) is 3.45. The maximum absolute atomic E-state index is 14.1. The fourth-order valence-corrected chi connectivity index (χ4v) is 7.92. The minimum absolute atomic E-state index is 0.132. The van der Waals surface area contributed by atoms with Gasteiger partial charge in [-0.3, -0.25) is 19.2 Å². The second-order valence-electron chi connectivity index (χ2n) is 14.7. The molecule has 0 spiro atoms. The zero-order valence-corrected chi connectivity index (χ0v) is 30.4. The van der Waals surface area contributed by atoms with Crippen LogP contribution in [0.1, 0.15) is 57.0 Å². The van der Waals surface area contributed by atoms with Gasteiger partial charge in [0.1, 0.15) is 17.9 Å². The van der Waals surface area contributed by atoms with Crippen LogP contribution < -0.4 is 25.6 Å². The Hall–Kier alpha value is -3.97. The van der Waals surface area contributed by atoms with Gasteiger partial charge >= 0.3 is 0 Å². The molecule has 3 aliphatic carbocycles. The van der Waals surface area contributed by atoms with Crippen molar-refractivity contribution in [2.45, 2.75) is 71.9 Å². The van der Waals surface area contributed by atoms with Crippen LogP contribution in [0.5, 0.6) is 5.75 Å². The highest BCUT2D eigenvalue weighted by Gasteiger charge is 2.53. The zero-order valence-electron chi connectivity index (χ0n) is 30.4. The van der Waals surface area contributed by atoms with Gasteiger partial charge in [0, 0.05) is 62.4 Å². The Morgan fingerprint density at radius 1 is 1.14 bits per heavy atom. The van der Waals surface area contributed by atoms with Gasteiger partial charge in [0.05, 0.1) is 32.4 Å². The van der Waals surface area contributed by atoms with Crippen LogP contribution >= 0.6 is 0 Å². The lowest BCUT2D eigenvalue weighted by atomic mass is 9.50. The molecule has 2 aromatic carbocycles. The number of aliphatic hydroxyl groups excluding tert-OH is 2. The number of allylic oxidation sites excluding steroid dienone is 1. The van der Waals surface area contributed by atoms with E-state index in [0.717, 1.165) is 28.8 Å². The molecule has 7 atom stereocenters. The Morgan fingerprint density at radius 3 is 2.46 bits per heavy atom. The van der Waals surface area contributed by atoms with E-state index in [2.05, 4.69) is 42.8 Å². The fourth-order valence-electron chi connectivity index (χ4n) is 7.92. The third kappa shape index (κ3) is 7.39. The second kappa shape index (κ2) is 15.1. The van der Waals surface area contributed by atoms with Crippen molar-refractivity contribution < 1.29 is 34.2 Å². The van der Waals surface area contributed by atoms with E-state index >= 15 is 0 Å². The highest BCUT2D eigenvalue weighted by molar-refractivity contribution is 5.97. The summed E-state index contributed by atoms with van der Waals surface area (Å²) in [5.41, 5.74) is 4.94. The smallest absolute Gasteiger partial charge is 0.251 e. The van der Waals surface area contributed by atoms with E-state index in [9.17, 15) is 24.6 Å². The number of benzene rings is 2. The van der Waals surface area contributed by atoms with Gasteiger partial charge in [-0.2, -0.15) is 5.06 Å². The number of anilines is 1. The van der Waals surface area contributed by atoms with Crippen molar-refractivity contribution in [3.05, 3.63) is 59.2 Å². The largest absolute Gasteiger partial charge is 0.496 e. The van der Waals surface area contributed by atoms with Crippen molar-refractivity contribution in [1.29, 1.82) is 0 Å². The van der Waals surface area contributed by atoms with Crippen molar-refractivity contribution in [1.82, 2.24) is 21.0 Å². The predicted octanol–water partition coefficient (Wildman–Crippen LogP) is 2.87. The van der Waals surface area contributed by atoms with E-state index in [4.69, 9.17) is 9.57 Å². The Morgan fingerprint density at radius 2 is 1.86 bits per heavy atom. The molecule has 1 aliphatic heterocycles. The number of ether oxygens (including phenoxy) is 1. The van der Waals surface area contributed by atoms with Gasteiger partial charge in [0.15, 0.2) is 0 Å². The lowest BCUT2D eigenvalue weighted by Crippen LogP contribution is -2.57. The van der Waals surface area contributed by atoms with E-state index in [-0.39, 0.29) is 54.8 Å². The van der Waals surface area contributed by atoms with Crippen molar-refractivity contribution in [2.24, 2.45) is 23.2 Å². The van der Waals surface area contributed by atoms with Crippen LogP contribution in [-0.2, 0) is 21.0 Å². The molecule has 12 heteroatoms. The molecule has 2 bridgehead atoms. The maximum Gasteiger partial charge on any atom is 0.251 e. The number of methoxy groups -OCH3 is 1. The predicted molar refractivity (Wildman–Crippen MR) is 191 cm³/mol. The molecule has 5 N–H and O–H groups in total. The van der Waals surface area contributed by atoms with Crippen LogP contribution in [0.4, 0.5) is 5.69 Å². The second-order valence-corrected chi connectivity index (χ2v) is 14.7. The highest BCUT2D eigenvalue weighted by atomic mass is 16.7. The maximum atomic E-state index is 14.1. The quantitative estimate of drug-likeness (QED) is 0.158. The number of rotatable bonds is 13. The molecule has 50 heavy (non-hydrogen) atoms. The SMILES string of the molecule is COc1c(CN2O[C@@H](CO)[C@@H]([C@H](C)O)[C@H]2C(=O)N[C@H]2C=C3C[C@@H]([C@@H]2C)C3(C)C)cccc1-c1cc(C(=O)NCCNC(C)=O)cc(N(C)C)c1. The lowest BCUT2D eigenvalue weighted by molar-refractivity contribution is -0.182. The number of amides is 3. The Balaban J connectivity index is 1.44. The number of hydrogen-bond donors (Lipinski definition) is 5. The normalized spacial score (nSPS) is 25.9. The molecule has 2 fully saturated rings. The summed E-state index contributed by atoms with van der Waals surface area (Å²) in [5.74, 6) is -0.109. The molecule has 4 aliphatic rings. The van der Waals surface area contributed by atoms with Gasteiger partial charge in [-0.1, -0.05) is 50.6 Å². The van der Waals surface area contributed by atoms with Crippen LogP contribution in [0, 0.1) is 23.2 Å². The molecule has 1 saturated heterocycles. The molecule has 0 unspecified atom stereocenters. The summed E-state index contributed by atoms with van der Waals surface area (Å²) in [6.07, 6.45) is 1.54. The minimum Gasteiger partial charge on any atom is -0.496 e. The first-order valence-corrected chi connectivity index (χ1v) is 17.4. The third-order valence-corrected chi connectivity index (χ3v) is 10.9. The monoisotopic (exact) mass is 691 g/mol. The molecular weight excluding hydrogens is 638 g/mol. The Kier molecular flexibility index (Phi) is 11.3. The molecule has 12 nitrogen and oxygen atoms in total. The fraction of sp³-hybridized carbons (Fsp3) is 0.553. The van der Waals surface area contributed by atoms with Gasteiger partial charge in [-0.15, -0.1) is 0 Å². The number of nitrogens with zero attached hydrogens (tertiary/aromatic N) is 2. The number of para-hydroxylation sites is 1. The van der Waals surface area contributed by atoms with Crippen molar-refractivity contribution >= 4 is 23.4 Å². The molecule has 0 aromatic heterocycles. The van der Waals surface area contributed by atoms with E-state index in [1.807, 2.05) is 43.3 Å². The lowest BCUT2D eigenvalue weighted by Gasteiger charge is -2.56. The third-order valence-electron chi connectivity index (χ3n) is 10.9. The summed E-state index contributed by atoms with van der Waals surface area (Å²) in [7, 11) is 5.36. The number of fused-ring (bicyclic) bond motifs is 2. The number of carbonyl (C=O) groups excluding carboxylic acids is 3. The summed E-state index contributed by atoms with van der Waals surface area (Å²) >= 11 is 0. The van der Waals surface area contributed by atoms with E-state index in [1.54, 1.807) is 31.2 Å². The molecule has 1 saturated carbocycles. The van der Waals surface area contributed by atoms with Crippen LogP contribution in [-0.4, -0.2) is 98.2 Å². The highest BCUT2D eigenvalue weighted by Crippen LogP contribution is 2.58. The molecule has 3 amide bonds. The molecule has 272 valence electrons. The van der Waals surface area contributed by atoms with Gasteiger partial charge in [0.25, 0.3) is 5.91 Å². The number of carbonyl (C=O) groups is 3. The summed E-state index contributed by atoms with van der Waals surface area (Å²) in [6.45, 7) is 10.1. The minimum atomic E-state index is -0.924. The van der Waals surface area contributed by atoms with Crippen molar-refractivity contribution in [2.75, 3.05) is 45.8 Å². The summed E-state index contributed by atoms with van der Waals surface area (Å²) in [6, 6.07) is 10.2. The first-order valence-electron chi connectivity index (χ1n) is 17.4. The molecule has 0 radical (unpaired) electrons. The summed E-state index contributed by atoms with van der Waals surface area (Å²) < 4.78 is 5.99. The van der Waals surface area contributed by atoms with Crippen LogP contribution in [0.15, 0.2) is 48.0 Å². The van der Waals surface area contributed by atoms with Gasteiger partial charge in [0.2, 0.25) is 11.8 Å². The van der Waals surface area contributed by atoms with Crippen LogP contribution in [0.2, 0.25) is 0 Å². The molecule has 2 aromatic rings. The standard InChI is InChI=1S/C38H53N5O7/c1-21-30-17-27(38(30,4)5)18-31(21)41-37(48)34-33(22(2)45)32(20-44)50-43(34)19-24-10-9-11-29(35(24)49-8)25-14-26(16-28(15-25)42(6)7)36(47)40-13-12-39-23(3)46/h9-11,14-16,18,21-22,30-34,44-45H,12-13,17,19-20H2,1-8H3,(H,39,46)(H,40,47)(H,41,48)/t21-,22-,30-,31-,32-,33+,34-/m0/s1.